The number of likely N-dealkylation sites (tertiary alicyclic amines) is 1. The third-order valence-corrected chi connectivity index (χ3v) is 4.08. The minimum Gasteiger partial charge on any atom is -0.481 e. The van der Waals surface area contributed by atoms with Crippen LogP contribution in [0.5, 0.6) is 0 Å². The zero-order valence-corrected chi connectivity index (χ0v) is 12.6. The van der Waals surface area contributed by atoms with Gasteiger partial charge in [0.25, 0.3) is 11.6 Å². The number of nitrogens with two attached hydrogens (primary N) is 1. The Morgan fingerprint density at radius 3 is 2.83 bits per heavy atom. The number of nitro groups is 1. The highest BCUT2D eigenvalue weighted by Gasteiger charge is 2.27. The van der Waals surface area contributed by atoms with Gasteiger partial charge in [-0.05, 0) is 31.2 Å². The average Bonchev–Trinajstić information content (AvgIpc) is 2.52. The number of amides is 1. The molecule has 2 rings (SSSR count). The normalized spacial score (nSPS) is 17.7. The first-order valence-electron chi connectivity index (χ1n) is 7.44. The first-order valence-corrected chi connectivity index (χ1v) is 7.44. The Morgan fingerprint density at radius 2 is 2.17 bits per heavy atom. The average molecular weight is 321 g/mol. The summed E-state index contributed by atoms with van der Waals surface area (Å²) in [6, 6.07) is 4.18. The van der Waals surface area contributed by atoms with Gasteiger partial charge in [0.15, 0.2) is 0 Å². The summed E-state index contributed by atoms with van der Waals surface area (Å²) in [6.07, 6.45) is 2.25. The number of hydrogen-bond acceptors (Lipinski definition) is 5. The second-order valence-corrected chi connectivity index (χ2v) is 5.69. The Balaban J connectivity index is 2.12. The summed E-state index contributed by atoms with van der Waals surface area (Å²) in [5.41, 5.74) is 5.47. The predicted molar refractivity (Wildman–Crippen MR) is 83.0 cm³/mol. The highest BCUT2D eigenvalue weighted by atomic mass is 16.6. The summed E-state index contributed by atoms with van der Waals surface area (Å²) in [4.78, 5) is 35.2. The van der Waals surface area contributed by atoms with Crippen LogP contribution in [0.2, 0.25) is 0 Å². The number of aliphatic carboxylic acids is 1. The molecule has 1 unspecified atom stereocenters. The van der Waals surface area contributed by atoms with Crippen molar-refractivity contribution in [3.05, 3.63) is 33.9 Å². The van der Waals surface area contributed by atoms with Crippen molar-refractivity contribution < 1.29 is 19.6 Å². The monoisotopic (exact) mass is 321 g/mol. The van der Waals surface area contributed by atoms with E-state index in [9.17, 15) is 19.7 Å². The van der Waals surface area contributed by atoms with E-state index in [1.165, 1.54) is 18.2 Å². The SMILES string of the molecule is Nc1c(C(=O)N2CCCC(CCC(=O)O)C2)cccc1[N+](=O)[O-]. The zero-order valence-electron chi connectivity index (χ0n) is 12.6. The smallest absolute Gasteiger partial charge is 0.303 e. The van der Waals surface area contributed by atoms with Crippen LogP contribution in [0.1, 0.15) is 36.0 Å². The quantitative estimate of drug-likeness (QED) is 0.484. The Labute approximate surface area is 133 Å². The van der Waals surface area contributed by atoms with Crippen LogP contribution in [0.25, 0.3) is 0 Å². The molecule has 1 fully saturated rings. The number of anilines is 1. The van der Waals surface area contributed by atoms with E-state index in [0.29, 0.717) is 19.5 Å². The van der Waals surface area contributed by atoms with Crippen molar-refractivity contribution in [3.8, 4) is 0 Å². The summed E-state index contributed by atoms with van der Waals surface area (Å²) in [7, 11) is 0. The van der Waals surface area contributed by atoms with Gasteiger partial charge in [0.05, 0.1) is 10.5 Å². The summed E-state index contributed by atoms with van der Waals surface area (Å²) in [5, 5.41) is 19.7. The number of hydrogen-bond donors (Lipinski definition) is 2. The molecule has 0 aliphatic carbocycles. The molecule has 1 aromatic carbocycles. The molecule has 0 saturated carbocycles. The summed E-state index contributed by atoms with van der Waals surface area (Å²) in [6.45, 7) is 0.999. The number of nitrogens with zero attached hydrogens (tertiary/aromatic N) is 2. The summed E-state index contributed by atoms with van der Waals surface area (Å²) < 4.78 is 0. The van der Waals surface area contributed by atoms with Gasteiger partial charge in [0.2, 0.25) is 0 Å². The van der Waals surface area contributed by atoms with Crippen LogP contribution in [-0.2, 0) is 4.79 Å². The van der Waals surface area contributed by atoms with Crippen LogP contribution in [0, 0.1) is 16.0 Å². The molecule has 8 heteroatoms. The summed E-state index contributed by atoms with van der Waals surface area (Å²) >= 11 is 0. The van der Waals surface area contributed by atoms with Crippen molar-refractivity contribution in [2.24, 2.45) is 5.92 Å². The van der Waals surface area contributed by atoms with Crippen molar-refractivity contribution in [2.45, 2.75) is 25.7 Å². The van der Waals surface area contributed by atoms with Gasteiger partial charge >= 0.3 is 5.97 Å². The Bertz CT molecular complexity index is 632. The maximum atomic E-state index is 12.6. The van der Waals surface area contributed by atoms with E-state index >= 15 is 0 Å². The number of carboxylic acid groups (broad SMARTS) is 1. The lowest BCUT2D eigenvalue weighted by Gasteiger charge is -2.32. The molecule has 0 radical (unpaired) electrons. The van der Waals surface area contributed by atoms with Crippen molar-refractivity contribution in [2.75, 3.05) is 18.8 Å². The van der Waals surface area contributed by atoms with Gasteiger partial charge in [-0.2, -0.15) is 0 Å². The molecule has 1 amide bonds. The van der Waals surface area contributed by atoms with Gasteiger partial charge in [0.1, 0.15) is 5.69 Å². The van der Waals surface area contributed by atoms with Gasteiger partial charge in [-0.15, -0.1) is 0 Å². The Kier molecular flexibility index (Phi) is 5.15. The van der Waals surface area contributed by atoms with Gasteiger partial charge in [-0.1, -0.05) is 6.07 Å². The molecule has 1 aliphatic rings. The maximum absolute atomic E-state index is 12.6. The topological polar surface area (TPSA) is 127 Å². The lowest BCUT2D eigenvalue weighted by Crippen LogP contribution is -2.40. The molecule has 8 nitrogen and oxygen atoms in total. The van der Waals surface area contributed by atoms with Gasteiger partial charge < -0.3 is 15.7 Å². The number of carbonyl (C=O) groups is 2. The highest BCUT2D eigenvalue weighted by molar-refractivity contribution is 6.01. The van der Waals surface area contributed by atoms with Crippen molar-refractivity contribution in [3.63, 3.8) is 0 Å². The van der Waals surface area contributed by atoms with Gasteiger partial charge in [0, 0.05) is 25.6 Å². The lowest BCUT2D eigenvalue weighted by atomic mass is 9.93. The second kappa shape index (κ2) is 7.08. The second-order valence-electron chi connectivity index (χ2n) is 5.69. The molecule has 1 aliphatic heterocycles. The number of rotatable bonds is 5. The molecule has 1 aromatic rings. The van der Waals surface area contributed by atoms with E-state index in [4.69, 9.17) is 10.8 Å². The molecule has 1 heterocycles. The molecule has 3 N–H and O–H groups in total. The van der Waals surface area contributed by atoms with E-state index in [1.807, 2.05) is 0 Å². The first kappa shape index (κ1) is 16.7. The minimum atomic E-state index is -0.851. The fourth-order valence-corrected chi connectivity index (χ4v) is 2.88. The van der Waals surface area contributed by atoms with Crippen LogP contribution < -0.4 is 5.73 Å². The first-order chi connectivity index (χ1) is 10.9. The van der Waals surface area contributed by atoms with Crippen molar-refractivity contribution in [1.29, 1.82) is 0 Å². The van der Waals surface area contributed by atoms with E-state index in [1.54, 1.807) is 4.90 Å². The number of piperidine rings is 1. The molecule has 0 spiro atoms. The highest BCUT2D eigenvalue weighted by Crippen LogP contribution is 2.28. The van der Waals surface area contributed by atoms with Crippen LogP contribution in [-0.4, -0.2) is 39.9 Å². The molecule has 124 valence electrons. The summed E-state index contributed by atoms with van der Waals surface area (Å²) in [5.74, 6) is -1.06. The van der Waals surface area contributed by atoms with Crippen molar-refractivity contribution >= 4 is 23.3 Å². The van der Waals surface area contributed by atoms with Crippen molar-refractivity contribution in [1.82, 2.24) is 4.90 Å². The number of nitro benzene ring substituents is 1. The largest absolute Gasteiger partial charge is 0.481 e. The molecular formula is C15H19N3O5. The predicted octanol–water partition coefficient (Wildman–Crippen LogP) is 1.89. The Hall–Kier alpha value is -2.64. The van der Waals surface area contributed by atoms with Crippen LogP contribution >= 0.6 is 0 Å². The number of benzene rings is 1. The molecule has 0 aromatic heterocycles. The number of nitrogen functional groups attached to an aromatic ring is 1. The molecular weight excluding hydrogens is 302 g/mol. The van der Waals surface area contributed by atoms with E-state index in [0.717, 1.165) is 12.8 Å². The third kappa shape index (κ3) is 3.97. The fraction of sp³-hybridized carbons (Fsp3) is 0.467. The van der Waals surface area contributed by atoms with Crippen LogP contribution in [0.3, 0.4) is 0 Å². The molecule has 23 heavy (non-hydrogen) atoms. The maximum Gasteiger partial charge on any atom is 0.303 e. The molecule has 0 bridgehead atoms. The third-order valence-electron chi connectivity index (χ3n) is 4.08. The van der Waals surface area contributed by atoms with Gasteiger partial charge in [-0.25, -0.2) is 0 Å². The fourth-order valence-electron chi connectivity index (χ4n) is 2.88. The van der Waals surface area contributed by atoms with E-state index < -0.39 is 10.9 Å². The number of carboxylic acids is 1. The zero-order chi connectivity index (χ0) is 17.0. The molecule has 1 saturated heterocycles. The lowest BCUT2D eigenvalue weighted by molar-refractivity contribution is -0.383. The van der Waals surface area contributed by atoms with E-state index in [-0.39, 0.29) is 35.2 Å². The van der Waals surface area contributed by atoms with Crippen LogP contribution in [0.15, 0.2) is 18.2 Å². The minimum absolute atomic E-state index is 0.0750. The Morgan fingerprint density at radius 1 is 1.43 bits per heavy atom. The standard InChI is InChI=1S/C15H19N3O5/c16-14-11(4-1-5-12(14)18(22)23)15(21)17-8-2-3-10(9-17)6-7-13(19)20/h1,4-5,10H,2-3,6-9,16H2,(H,19,20). The van der Waals surface area contributed by atoms with Crippen LogP contribution in [0.4, 0.5) is 11.4 Å². The number of carbonyl (C=O) groups excluding carboxylic acids is 1. The van der Waals surface area contributed by atoms with Gasteiger partial charge in [-0.3, -0.25) is 19.7 Å². The number of para-hydroxylation sites is 1. The molecule has 1 atom stereocenters. The van der Waals surface area contributed by atoms with E-state index in [2.05, 4.69) is 0 Å².